The smallest absolute Gasteiger partial charge is 0.315 e. The molecule has 3 amide bonds. The highest BCUT2D eigenvalue weighted by molar-refractivity contribution is 5.77. The zero-order valence-electron chi connectivity index (χ0n) is 14.6. The Bertz CT molecular complexity index is 515. The second-order valence-electron chi connectivity index (χ2n) is 6.64. The van der Waals surface area contributed by atoms with Gasteiger partial charge in [-0.2, -0.15) is 5.10 Å². The molecule has 0 spiro atoms. The molecule has 7 heteroatoms. The molecule has 1 aliphatic carbocycles. The van der Waals surface area contributed by atoms with Gasteiger partial charge in [0.15, 0.2) is 0 Å². The van der Waals surface area contributed by atoms with Crippen molar-refractivity contribution in [3.63, 3.8) is 0 Å². The average Bonchev–Trinajstić information content (AvgIpc) is 3.09. The van der Waals surface area contributed by atoms with Gasteiger partial charge in [-0.1, -0.05) is 26.7 Å². The second kappa shape index (κ2) is 9.30. The van der Waals surface area contributed by atoms with Crippen LogP contribution in [0, 0.1) is 5.92 Å². The molecule has 1 heterocycles. The molecule has 3 N–H and O–H groups in total. The summed E-state index contributed by atoms with van der Waals surface area (Å²) in [4.78, 5) is 23.5. The summed E-state index contributed by atoms with van der Waals surface area (Å²) in [6, 6.07) is 2.11. The highest BCUT2D eigenvalue weighted by Crippen LogP contribution is 2.27. The van der Waals surface area contributed by atoms with Crippen LogP contribution in [0.15, 0.2) is 18.5 Å². The van der Waals surface area contributed by atoms with E-state index in [1.165, 1.54) is 6.42 Å². The number of carbonyl (C=O) groups excluding carboxylic acids is 2. The summed E-state index contributed by atoms with van der Waals surface area (Å²) in [5.41, 5.74) is 0. The monoisotopic (exact) mass is 335 g/mol. The number of aromatic nitrogens is 2. The summed E-state index contributed by atoms with van der Waals surface area (Å²) < 4.78 is 1.95. The molecule has 0 bridgehead atoms. The van der Waals surface area contributed by atoms with Gasteiger partial charge in [-0.15, -0.1) is 0 Å². The van der Waals surface area contributed by atoms with Crippen LogP contribution in [0.25, 0.3) is 0 Å². The van der Waals surface area contributed by atoms with Gasteiger partial charge in [0, 0.05) is 31.4 Å². The van der Waals surface area contributed by atoms with E-state index >= 15 is 0 Å². The third-order valence-electron chi connectivity index (χ3n) is 4.37. The molecule has 2 atom stereocenters. The molecule has 24 heavy (non-hydrogen) atoms. The number of hydrogen-bond donors (Lipinski definition) is 3. The Morgan fingerprint density at radius 1 is 1.21 bits per heavy atom. The van der Waals surface area contributed by atoms with Gasteiger partial charge in [0.05, 0.1) is 12.1 Å². The molecule has 1 aromatic heterocycles. The summed E-state index contributed by atoms with van der Waals surface area (Å²) in [6.07, 6.45) is 8.76. The van der Waals surface area contributed by atoms with Gasteiger partial charge in [0.1, 0.15) is 0 Å². The fourth-order valence-corrected chi connectivity index (χ4v) is 3.00. The molecule has 7 nitrogen and oxygen atoms in total. The molecule has 0 unspecified atom stereocenters. The Balaban J connectivity index is 1.68. The van der Waals surface area contributed by atoms with Gasteiger partial charge in [0.25, 0.3) is 0 Å². The molecule has 1 saturated carbocycles. The molecule has 2 rings (SSSR count). The van der Waals surface area contributed by atoms with Crippen LogP contribution in [0.2, 0.25) is 0 Å². The van der Waals surface area contributed by atoms with Crippen LogP contribution in [0.1, 0.15) is 52.0 Å². The number of hydrogen-bond acceptors (Lipinski definition) is 3. The highest BCUT2D eigenvalue weighted by Gasteiger charge is 2.27. The van der Waals surface area contributed by atoms with Gasteiger partial charge in [0.2, 0.25) is 5.91 Å². The molecule has 1 aromatic rings. The maximum atomic E-state index is 12.1. The Kier molecular flexibility index (Phi) is 7.08. The SMILES string of the molecule is CC(C)C(=O)NCCCNC(=O)N[C@@H]1CCCC[C@H]1n1cccn1. The van der Waals surface area contributed by atoms with E-state index in [1.54, 1.807) is 6.20 Å². The molecule has 0 aromatic carbocycles. The quantitative estimate of drug-likeness (QED) is 0.664. The van der Waals surface area contributed by atoms with Crippen molar-refractivity contribution in [1.29, 1.82) is 0 Å². The van der Waals surface area contributed by atoms with E-state index in [9.17, 15) is 9.59 Å². The standard InChI is InChI=1S/C17H29N5O2/c1-13(2)16(23)18-9-5-10-19-17(24)21-14-7-3-4-8-15(14)22-12-6-11-20-22/h6,11-15H,3-5,7-10H2,1-2H3,(H,18,23)(H2,19,21,24)/t14-,15-/m1/s1. The topological polar surface area (TPSA) is 88.0 Å². The van der Waals surface area contributed by atoms with E-state index < -0.39 is 0 Å². The van der Waals surface area contributed by atoms with Crippen molar-refractivity contribution in [2.24, 2.45) is 5.92 Å². The summed E-state index contributed by atoms with van der Waals surface area (Å²) in [5, 5.41) is 13.1. The fourth-order valence-electron chi connectivity index (χ4n) is 3.00. The first-order valence-corrected chi connectivity index (χ1v) is 8.89. The first kappa shape index (κ1) is 18.3. The zero-order chi connectivity index (χ0) is 17.4. The van der Waals surface area contributed by atoms with E-state index in [1.807, 2.05) is 30.8 Å². The summed E-state index contributed by atoms with van der Waals surface area (Å²) >= 11 is 0. The van der Waals surface area contributed by atoms with Crippen LogP contribution in [-0.2, 0) is 4.79 Å². The lowest BCUT2D eigenvalue weighted by Gasteiger charge is -2.32. The maximum Gasteiger partial charge on any atom is 0.315 e. The minimum atomic E-state index is -0.144. The Morgan fingerprint density at radius 3 is 2.67 bits per heavy atom. The van der Waals surface area contributed by atoms with Crippen LogP contribution in [0.3, 0.4) is 0 Å². The van der Waals surface area contributed by atoms with Crippen LogP contribution in [0.5, 0.6) is 0 Å². The van der Waals surface area contributed by atoms with Gasteiger partial charge >= 0.3 is 6.03 Å². The largest absolute Gasteiger partial charge is 0.356 e. The average molecular weight is 335 g/mol. The number of rotatable bonds is 7. The van der Waals surface area contributed by atoms with Gasteiger partial charge in [-0.05, 0) is 25.3 Å². The minimum Gasteiger partial charge on any atom is -0.356 e. The molecule has 0 radical (unpaired) electrons. The number of nitrogens with one attached hydrogen (secondary N) is 3. The predicted molar refractivity (Wildman–Crippen MR) is 92.5 cm³/mol. The molecule has 0 saturated heterocycles. The zero-order valence-corrected chi connectivity index (χ0v) is 14.6. The van der Waals surface area contributed by atoms with Gasteiger partial charge < -0.3 is 16.0 Å². The molecule has 1 aliphatic rings. The van der Waals surface area contributed by atoms with Gasteiger partial charge in [-0.3, -0.25) is 9.48 Å². The third kappa shape index (κ3) is 5.54. The minimum absolute atomic E-state index is 0.00760. The van der Waals surface area contributed by atoms with Crippen LogP contribution >= 0.6 is 0 Å². The fraction of sp³-hybridized carbons (Fsp3) is 0.706. The lowest BCUT2D eigenvalue weighted by Crippen LogP contribution is -2.47. The summed E-state index contributed by atoms with van der Waals surface area (Å²) in [7, 11) is 0. The third-order valence-corrected chi connectivity index (χ3v) is 4.37. The van der Waals surface area contributed by atoms with Crippen molar-refractivity contribution in [1.82, 2.24) is 25.7 Å². The lowest BCUT2D eigenvalue weighted by molar-refractivity contribution is -0.123. The molecule has 1 fully saturated rings. The van der Waals surface area contributed by atoms with Crippen molar-refractivity contribution < 1.29 is 9.59 Å². The van der Waals surface area contributed by atoms with E-state index in [2.05, 4.69) is 21.0 Å². The van der Waals surface area contributed by atoms with Gasteiger partial charge in [-0.25, -0.2) is 4.79 Å². The van der Waals surface area contributed by atoms with Crippen molar-refractivity contribution in [2.45, 2.75) is 58.0 Å². The number of urea groups is 1. The number of amides is 3. The lowest BCUT2D eigenvalue weighted by atomic mass is 9.90. The highest BCUT2D eigenvalue weighted by atomic mass is 16.2. The van der Waals surface area contributed by atoms with E-state index in [0.29, 0.717) is 13.1 Å². The molecular weight excluding hydrogens is 306 g/mol. The predicted octanol–water partition coefficient (Wildman–Crippen LogP) is 1.83. The van der Waals surface area contributed by atoms with Crippen molar-refractivity contribution in [2.75, 3.05) is 13.1 Å². The second-order valence-corrected chi connectivity index (χ2v) is 6.64. The van der Waals surface area contributed by atoms with Crippen molar-refractivity contribution >= 4 is 11.9 Å². The van der Waals surface area contributed by atoms with Crippen molar-refractivity contribution in [3.05, 3.63) is 18.5 Å². The Hall–Kier alpha value is -2.05. The Labute approximate surface area is 143 Å². The van der Waals surface area contributed by atoms with Crippen LogP contribution < -0.4 is 16.0 Å². The number of nitrogens with zero attached hydrogens (tertiary/aromatic N) is 2. The van der Waals surface area contributed by atoms with Crippen LogP contribution in [0.4, 0.5) is 4.79 Å². The first-order chi connectivity index (χ1) is 11.6. The van der Waals surface area contributed by atoms with Crippen molar-refractivity contribution in [3.8, 4) is 0 Å². The van der Waals surface area contributed by atoms with E-state index in [-0.39, 0.29) is 29.9 Å². The normalized spacial score (nSPS) is 20.6. The molecule has 0 aliphatic heterocycles. The molecule has 134 valence electrons. The first-order valence-electron chi connectivity index (χ1n) is 8.89. The number of carbonyl (C=O) groups is 2. The maximum absolute atomic E-state index is 12.1. The van der Waals surface area contributed by atoms with E-state index in [0.717, 1.165) is 25.7 Å². The Morgan fingerprint density at radius 2 is 1.96 bits per heavy atom. The van der Waals surface area contributed by atoms with Crippen LogP contribution in [-0.4, -0.2) is 40.9 Å². The van der Waals surface area contributed by atoms with E-state index in [4.69, 9.17) is 0 Å². The summed E-state index contributed by atoms with van der Waals surface area (Å²) in [5.74, 6) is 0.0375. The molecular formula is C17H29N5O2. The summed E-state index contributed by atoms with van der Waals surface area (Å²) in [6.45, 7) is 4.85.